The minimum atomic E-state index is -0.238. The van der Waals surface area contributed by atoms with E-state index in [1.807, 2.05) is 31.2 Å². The topological polar surface area (TPSA) is 91.2 Å². The van der Waals surface area contributed by atoms with Crippen LogP contribution in [0, 0.1) is 0 Å². The quantitative estimate of drug-likeness (QED) is 0.559. The predicted octanol–water partition coefficient (Wildman–Crippen LogP) is 3.45. The second kappa shape index (κ2) is 9.43. The first-order chi connectivity index (χ1) is 13.6. The number of para-hydroxylation sites is 2. The number of hydrogen-bond acceptors (Lipinski definition) is 7. The molecule has 0 aliphatic heterocycles. The number of carbonyl (C=O) groups excluding carboxylic acids is 1. The first-order valence-electron chi connectivity index (χ1n) is 8.39. The van der Waals surface area contributed by atoms with Gasteiger partial charge in [-0.05, 0) is 47.7 Å². The van der Waals surface area contributed by atoms with Gasteiger partial charge in [0.1, 0.15) is 17.2 Å². The lowest BCUT2D eigenvalue weighted by Gasteiger charge is -2.11. The summed E-state index contributed by atoms with van der Waals surface area (Å²) in [6.07, 6.45) is 0. The number of halogens is 1. The lowest BCUT2D eigenvalue weighted by molar-refractivity contribution is -0.113. The average molecular weight is 420 g/mol. The Kier molecular flexibility index (Phi) is 6.72. The van der Waals surface area contributed by atoms with Crippen LogP contribution in [0.3, 0.4) is 0 Å². The third-order valence-corrected chi connectivity index (χ3v) is 4.76. The van der Waals surface area contributed by atoms with Crippen LogP contribution in [0.2, 0.25) is 5.02 Å². The molecule has 0 unspecified atom stereocenters. The molecule has 0 aliphatic rings. The van der Waals surface area contributed by atoms with Crippen LogP contribution in [0.15, 0.2) is 47.6 Å². The maximum absolute atomic E-state index is 12.4. The summed E-state index contributed by atoms with van der Waals surface area (Å²) in [7, 11) is 1.53. The first kappa shape index (κ1) is 20.0. The van der Waals surface area contributed by atoms with Gasteiger partial charge in [-0.1, -0.05) is 35.5 Å². The van der Waals surface area contributed by atoms with Crippen molar-refractivity contribution in [2.75, 3.05) is 24.8 Å². The molecule has 0 radical (unpaired) electrons. The molecule has 0 bridgehead atoms. The van der Waals surface area contributed by atoms with Gasteiger partial charge in [0.05, 0.1) is 25.2 Å². The van der Waals surface area contributed by atoms with Crippen LogP contribution in [0.25, 0.3) is 5.69 Å². The third kappa shape index (κ3) is 4.73. The van der Waals surface area contributed by atoms with Crippen molar-refractivity contribution in [1.29, 1.82) is 0 Å². The molecular formula is C18H18ClN5O3S. The Hall–Kier alpha value is -2.78. The molecule has 8 nitrogen and oxygen atoms in total. The number of ether oxygens (including phenoxy) is 2. The molecule has 0 fully saturated rings. The number of carbonyl (C=O) groups is 1. The van der Waals surface area contributed by atoms with E-state index >= 15 is 0 Å². The van der Waals surface area contributed by atoms with Gasteiger partial charge >= 0.3 is 0 Å². The van der Waals surface area contributed by atoms with Crippen molar-refractivity contribution >= 4 is 35.0 Å². The van der Waals surface area contributed by atoms with Gasteiger partial charge in [0.25, 0.3) is 0 Å². The monoisotopic (exact) mass is 419 g/mol. The van der Waals surface area contributed by atoms with Crippen LogP contribution < -0.4 is 14.8 Å². The van der Waals surface area contributed by atoms with Crippen LogP contribution in [-0.2, 0) is 4.79 Å². The molecule has 1 heterocycles. The Labute approximate surface area is 171 Å². The molecule has 10 heteroatoms. The Morgan fingerprint density at radius 1 is 1.25 bits per heavy atom. The largest absolute Gasteiger partial charge is 0.495 e. The Morgan fingerprint density at radius 3 is 2.86 bits per heavy atom. The molecule has 0 aliphatic carbocycles. The number of tetrazole rings is 1. The van der Waals surface area contributed by atoms with Crippen molar-refractivity contribution < 1.29 is 14.3 Å². The number of methoxy groups -OCH3 is 1. The Balaban J connectivity index is 1.71. The Morgan fingerprint density at radius 2 is 2.07 bits per heavy atom. The second-order valence-electron chi connectivity index (χ2n) is 5.46. The highest BCUT2D eigenvalue weighted by Gasteiger charge is 2.15. The maximum atomic E-state index is 12.4. The fourth-order valence-corrected chi connectivity index (χ4v) is 3.28. The van der Waals surface area contributed by atoms with Crippen LogP contribution in [0.5, 0.6) is 11.5 Å². The van der Waals surface area contributed by atoms with E-state index in [-0.39, 0.29) is 11.7 Å². The van der Waals surface area contributed by atoms with Gasteiger partial charge in [-0.15, -0.1) is 5.10 Å². The number of anilines is 1. The minimum Gasteiger partial charge on any atom is -0.495 e. The Bertz CT molecular complexity index is 966. The van der Waals surface area contributed by atoms with E-state index in [1.165, 1.54) is 18.9 Å². The predicted molar refractivity (Wildman–Crippen MR) is 108 cm³/mol. The van der Waals surface area contributed by atoms with Gasteiger partial charge in [0.15, 0.2) is 0 Å². The third-order valence-electron chi connectivity index (χ3n) is 3.60. The molecule has 146 valence electrons. The number of rotatable bonds is 8. The highest BCUT2D eigenvalue weighted by Crippen LogP contribution is 2.29. The smallest absolute Gasteiger partial charge is 0.234 e. The molecule has 1 N–H and O–H groups in total. The SMILES string of the molecule is CCOc1ccccc1-n1nnnc1SCC(=O)Nc1cc(Cl)ccc1OC. The van der Waals surface area contributed by atoms with E-state index in [9.17, 15) is 4.79 Å². The molecule has 3 aromatic rings. The molecule has 1 amide bonds. The highest BCUT2D eigenvalue weighted by molar-refractivity contribution is 7.99. The summed E-state index contributed by atoms with van der Waals surface area (Å²) in [4.78, 5) is 12.4. The molecular weight excluding hydrogens is 402 g/mol. The number of nitrogens with one attached hydrogen (secondary N) is 1. The minimum absolute atomic E-state index is 0.104. The number of aromatic nitrogens is 4. The first-order valence-corrected chi connectivity index (χ1v) is 9.75. The molecule has 1 aromatic heterocycles. The molecule has 0 spiro atoms. The molecule has 0 atom stereocenters. The zero-order chi connectivity index (χ0) is 19.9. The summed E-state index contributed by atoms with van der Waals surface area (Å²) in [5, 5.41) is 15.5. The van der Waals surface area contributed by atoms with Gasteiger partial charge in [-0.25, -0.2) is 0 Å². The number of thioether (sulfide) groups is 1. The van der Waals surface area contributed by atoms with E-state index in [0.29, 0.717) is 39.7 Å². The van der Waals surface area contributed by atoms with Crippen LogP contribution >= 0.6 is 23.4 Å². The van der Waals surface area contributed by atoms with E-state index in [0.717, 1.165) is 0 Å². The standard InChI is InChI=1S/C18H18ClN5O3S/c1-3-27-16-7-5-4-6-14(16)24-18(21-22-23-24)28-11-17(25)20-13-10-12(19)8-9-15(13)26-2/h4-10H,3,11H2,1-2H3,(H,20,25). The van der Waals surface area contributed by atoms with Crippen molar-refractivity contribution in [2.24, 2.45) is 0 Å². The highest BCUT2D eigenvalue weighted by atomic mass is 35.5. The fraction of sp³-hybridized carbons (Fsp3) is 0.222. The van der Waals surface area contributed by atoms with E-state index in [4.69, 9.17) is 21.1 Å². The molecule has 28 heavy (non-hydrogen) atoms. The summed E-state index contributed by atoms with van der Waals surface area (Å²) < 4.78 is 12.4. The van der Waals surface area contributed by atoms with Crippen LogP contribution in [-0.4, -0.2) is 45.6 Å². The van der Waals surface area contributed by atoms with Crippen molar-refractivity contribution in [1.82, 2.24) is 20.2 Å². The van der Waals surface area contributed by atoms with E-state index in [2.05, 4.69) is 20.8 Å². The fourth-order valence-electron chi connectivity index (χ4n) is 2.42. The van der Waals surface area contributed by atoms with Gasteiger partial charge in [0.2, 0.25) is 11.1 Å². The van der Waals surface area contributed by atoms with Crippen molar-refractivity contribution in [3.05, 3.63) is 47.5 Å². The summed E-state index contributed by atoms with van der Waals surface area (Å²) in [6.45, 7) is 2.42. The second-order valence-corrected chi connectivity index (χ2v) is 6.83. The van der Waals surface area contributed by atoms with Gasteiger partial charge in [0, 0.05) is 5.02 Å². The van der Waals surface area contributed by atoms with Crippen molar-refractivity contribution in [3.8, 4) is 17.2 Å². The number of nitrogens with zero attached hydrogens (tertiary/aromatic N) is 4. The van der Waals surface area contributed by atoms with Crippen molar-refractivity contribution in [2.45, 2.75) is 12.1 Å². The number of amides is 1. The van der Waals surface area contributed by atoms with Gasteiger partial charge < -0.3 is 14.8 Å². The molecule has 0 saturated carbocycles. The summed E-state index contributed by atoms with van der Waals surface area (Å²) in [5.41, 5.74) is 1.20. The zero-order valence-electron chi connectivity index (χ0n) is 15.3. The number of benzene rings is 2. The van der Waals surface area contributed by atoms with Gasteiger partial charge in [-0.2, -0.15) is 4.68 Å². The molecule has 3 rings (SSSR count). The van der Waals surface area contributed by atoms with E-state index < -0.39 is 0 Å². The summed E-state index contributed by atoms with van der Waals surface area (Å²) in [6, 6.07) is 12.4. The lowest BCUT2D eigenvalue weighted by Crippen LogP contribution is -2.15. The normalized spacial score (nSPS) is 10.5. The maximum Gasteiger partial charge on any atom is 0.234 e. The van der Waals surface area contributed by atoms with E-state index in [1.54, 1.807) is 22.9 Å². The lowest BCUT2D eigenvalue weighted by atomic mass is 10.3. The van der Waals surface area contributed by atoms with Crippen LogP contribution in [0.4, 0.5) is 5.69 Å². The number of hydrogen-bond donors (Lipinski definition) is 1. The molecule has 2 aromatic carbocycles. The van der Waals surface area contributed by atoms with Crippen LogP contribution in [0.1, 0.15) is 6.92 Å². The molecule has 0 saturated heterocycles. The zero-order valence-corrected chi connectivity index (χ0v) is 16.8. The summed E-state index contributed by atoms with van der Waals surface area (Å²) >= 11 is 7.20. The van der Waals surface area contributed by atoms with Gasteiger partial charge in [-0.3, -0.25) is 4.79 Å². The summed E-state index contributed by atoms with van der Waals surface area (Å²) in [5.74, 6) is 1.05. The average Bonchev–Trinajstić information content (AvgIpc) is 3.16. The van der Waals surface area contributed by atoms with Crippen molar-refractivity contribution in [3.63, 3.8) is 0 Å².